The van der Waals surface area contributed by atoms with Gasteiger partial charge in [0.15, 0.2) is 0 Å². The van der Waals surface area contributed by atoms with Crippen molar-refractivity contribution in [3.05, 3.63) is 20.7 Å². The van der Waals surface area contributed by atoms with E-state index in [0.717, 1.165) is 25.3 Å². The first-order valence-electron chi connectivity index (χ1n) is 3.95. The summed E-state index contributed by atoms with van der Waals surface area (Å²) < 4.78 is 0. The van der Waals surface area contributed by atoms with Gasteiger partial charge in [-0.1, -0.05) is 11.3 Å². The van der Waals surface area contributed by atoms with E-state index in [0.29, 0.717) is 6.04 Å². The van der Waals surface area contributed by atoms with Crippen molar-refractivity contribution in [1.82, 2.24) is 15.6 Å². The quantitative estimate of drug-likeness (QED) is 0.595. The van der Waals surface area contributed by atoms with E-state index >= 15 is 0 Å². The Bertz CT molecular complexity index is 302. The Morgan fingerprint density at radius 1 is 1.67 bits per heavy atom. The molecule has 1 fully saturated rings. The molecule has 0 amide bonds. The topological polar surface area (TPSA) is 56.9 Å². The van der Waals surface area contributed by atoms with E-state index in [2.05, 4.69) is 15.6 Å². The van der Waals surface area contributed by atoms with Crippen LogP contribution in [0.1, 0.15) is 5.69 Å². The molecule has 0 bridgehead atoms. The summed E-state index contributed by atoms with van der Waals surface area (Å²) in [7, 11) is 0. The van der Waals surface area contributed by atoms with Gasteiger partial charge in [-0.05, 0) is 0 Å². The van der Waals surface area contributed by atoms with Crippen molar-refractivity contribution in [2.75, 3.05) is 13.1 Å². The van der Waals surface area contributed by atoms with Crippen LogP contribution in [0.5, 0.6) is 0 Å². The van der Waals surface area contributed by atoms with E-state index in [4.69, 9.17) is 0 Å². The predicted molar refractivity (Wildman–Crippen MR) is 48.4 cm³/mol. The smallest absolute Gasteiger partial charge is 0.304 e. The zero-order chi connectivity index (χ0) is 8.39. The number of thiazole rings is 1. The molecule has 1 aliphatic rings. The Hall–Kier alpha value is -0.650. The van der Waals surface area contributed by atoms with E-state index in [1.807, 2.05) is 5.38 Å². The largest absolute Gasteiger partial charge is 0.315 e. The molecule has 66 valence electrons. The molecule has 1 aromatic heterocycles. The fourth-order valence-electron chi connectivity index (χ4n) is 1.09. The summed E-state index contributed by atoms with van der Waals surface area (Å²) in [4.78, 5) is 13.5. The maximum atomic E-state index is 10.7. The highest BCUT2D eigenvalue weighted by molar-refractivity contribution is 7.07. The molecule has 0 aliphatic carbocycles. The number of hydrogen-bond acceptors (Lipinski definition) is 4. The van der Waals surface area contributed by atoms with Gasteiger partial charge < -0.3 is 15.6 Å². The first-order chi connectivity index (χ1) is 5.84. The van der Waals surface area contributed by atoms with E-state index in [-0.39, 0.29) is 4.87 Å². The molecule has 0 spiro atoms. The number of nitrogens with one attached hydrogen (secondary N) is 3. The molecule has 1 saturated heterocycles. The van der Waals surface area contributed by atoms with Crippen LogP contribution in [0, 0.1) is 0 Å². The average Bonchev–Trinajstić information content (AvgIpc) is 2.32. The highest BCUT2D eigenvalue weighted by Crippen LogP contribution is 1.97. The summed E-state index contributed by atoms with van der Waals surface area (Å²) in [6.45, 7) is 2.84. The van der Waals surface area contributed by atoms with Gasteiger partial charge in [0.1, 0.15) is 0 Å². The molecule has 3 N–H and O–H groups in total. The normalized spacial score (nSPS) is 17.7. The third-order valence-electron chi connectivity index (χ3n) is 1.93. The standard InChI is InChI=1S/C7H11N3OS/c11-7-10-6(4-12-7)3-9-5-1-8-2-5/h4-5,8-9H,1-3H2,(H,10,11). The minimum atomic E-state index is 0.0264. The lowest BCUT2D eigenvalue weighted by Gasteiger charge is -2.27. The summed E-state index contributed by atoms with van der Waals surface area (Å²) in [5.41, 5.74) is 0.983. The van der Waals surface area contributed by atoms with Gasteiger partial charge in [0.05, 0.1) is 0 Å². The summed E-state index contributed by atoms with van der Waals surface area (Å²) in [5, 5.41) is 8.36. The zero-order valence-electron chi connectivity index (χ0n) is 6.59. The zero-order valence-corrected chi connectivity index (χ0v) is 7.41. The van der Waals surface area contributed by atoms with Crippen molar-refractivity contribution in [1.29, 1.82) is 0 Å². The summed E-state index contributed by atoms with van der Waals surface area (Å²) in [6.07, 6.45) is 0. The Morgan fingerprint density at radius 3 is 3.00 bits per heavy atom. The highest BCUT2D eigenvalue weighted by atomic mass is 32.1. The van der Waals surface area contributed by atoms with Crippen LogP contribution in [0.15, 0.2) is 10.2 Å². The van der Waals surface area contributed by atoms with Gasteiger partial charge in [-0.15, -0.1) is 0 Å². The molecular formula is C7H11N3OS. The minimum absolute atomic E-state index is 0.0264. The SMILES string of the molecule is O=c1[nH]c(CNC2CNC2)cs1. The van der Waals surface area contributed by atoms with E-state index in [9.17, 15) is 4.79 Å². The van der Waals surface area contributed by atoms with Crippen LogP contribution < -0.4 is 15.5 Å². The van der Waals surface area contributed by atoms with Gasteiger partial charge in [-0.3, -0.25) is 4.79 Å². The number of aromatic amines is 1. The molecule has 4 nitrogen and oxygen atoms in total. The molecule has 2 rings (SSSR count). The third-order valence-corrected chi connectivity index (χ3v) is 2.65. The number of rotatable bonds is 3. The van der Waals surface area contributed by atoms with E-state index < -0.39 is 0 Å². The van der Waals surface area contributed by atoms with Crippen molar-refractivity contribution in [2.45, 2.75) is 12.6 Å². The fourth-order valence-corrected chi connectivity index (χ4v) is 1.67. The summed E-state index contributed by atoms with van der Waals surface area (Å²) in [5.74, 6) is 0. The molecule has 5 heteroatoms. The van der Waals surface area contributed by atoms with Gasteiger partial charge in [0.2, 0.25) is 0 Å². The molecule has 0 saturated carbocycles. The lowest BCUT2D eigenvalue weighted by atomic mass is 10.2. The van der Waals surface area contributed by atoms with E-state index in [1.54, 1.807) is 0 Å². The van der Waals surface area contributed by atoms with Crippen LogP contribution in [-0.4, -0.2) is 24.1 Å². The second-order valence-electron chi connectivity index (χ2n) is 2.91. The maximum absolute atomic E-state index is 10.7. The predicted octanol–water partition coefficient (Wildman–Crippen LogP) is -0.502. The van der Waals surface area contributed by atoms with Gasteiger partial charge in [0, 0.05) is 36.8 Å². The van der Waals surface area contributed by atoms with E-state index in [1.165, 1.54) is 11.3 Å². The van der Waals surface area contributed by atoms with Gasteiger partial charge in [-0.2, -0.15) is 0 Å². The van der Waals surface area contributed by atoms with Crippen molar-refractivity contribution in [2.24, 2.45) is 0 Å². The first kappa shape index (κ1) is 7.97. The second kappa shape index (κ2) is 3.38. The Labute approximate surface area is 74.0 Å². The summed E-state index contributed by atoms with van der Waals surface area (Å²) in [6, 6.07) is 0.577. The van der Waals surface area contributed by atoms with Crippen molar-refractivity contribution in [3.63, 3.8) is 0 Å². The maximum Gasteiger partial charge on any atom is 0.304 e. The molecule has 0 atom stereocenters. The number of hydrogen-bond donors (Lipinski definition) is 3. The van der Waals surface area contributed by atoms with Crippen LogP contribution in [0.3, 0.4) is 0 Å². The van der Waals surface area contributed by atoms with Gasteiger partial charge >= 0.3 is 4.87 Å². The molecule has 0 unspecified atom stereocenters. The van der Waals surface area contributed by atoms with Gasteiger partial charge in [-0.25, -0.2) is 0 Å². The van der Waals surface area contributed by atoms with Crippen LogP contribution in [0.25, 0.3) is 0 Å². The highest BCUT2D eigenvalue weighted by Gasteiger charge is 2.15. The minimum Gasteiger partial charge on any atom is -0.315 e. The Balaban J connectivity index is 1.82. The van der Waals surface area contributed by atoms with Crippen LogP contribution in [0.4, 0.5) is 0 Å². The summed E-state index contributed by atoms with van der Waals surface area (Å²) >= 11 is 1.21. The van der Waals surface area contributed by atoms with Crippen LogP contribution >= 0.6 is 11.3 Å². The fraction of sp³-hybridized carbons (Fsp3) is 0.571. The molecular weight excluding hydrogens is 174 g/mol. The molecule has 1 aromatic rings. The first-order valence-corrected chi connectivity index (χ1v) is 4.83. The molecule has 2 heterocycles. The van der Waals surface area contributed by atoms with Crippen molar-refractivity contribution in [3.8, 4) is 0 Å². The number of H-pyrrole nitrogens is 1. The monoisotopic (exact) mass is 185 g/mol. The van der Waals surface area contributed by atoms with Crippen LogP contribution in [0.2, 0.25) is 0 Å². The molecule has 1 aliphatic heterocycles. The van der Waals surface area contributed by atoms with Gasteiger partial charge in [0.25, 0.3) is 0 Å². The molecule has 0 aromatic carbocycles. The third kappa shape index (κ3) is 1.74. The molecule has 12 heavy (non-hydrogen) atoms. The van der Waals surface area contributed by atoms with Crippen molar-refractivity contribution < 1.29 is 0 Å². The second-order valence-corrected chi connectivity index (χ2v) is 3.75. The molecule has 0 radical (unpaired) electrons. The Morgan fingerprint density at radius 2 is 2.50 bits per heavy atom. The average molecular weight is 185 g/mol. The Kier molecular flexibility index (Phi) is 2.25. The lowest BCUT2D eigenvalue weighted by Crippen LogP contribution is -2.55. The van der Waals surface area contributed by atoms with Crippen molar-refractivity contribution >= 4 is 11.3 Å². The lowest BCUT2D eigenvalue weighted by molar-refractivity contribution is 0.364. The van der Waals surface area contributed by atoms with Crippen LogP contribution in [-0.2, 0) is 6.54 Å². The number of aromatic nitrogens is 1.